The van der Waals surface area contributed by atoms with Crippen LogP contribution in [0.1, 0.15) is 6.92 Å². The van der Waals surface area contributed by atoms with Gasteiger partial charge in [0.05, 0.1) is 0 Å². The summed E-state index contributed by atoms with van der Waals surface area (Å²) in [6.07, 6.45) is 3.31. The Hall–Kier alpha value is -2.22. The van der Waals surface area contributed by atoms with Crippen molar-refractivity contribution in [3.8, 4) is 11.4 Å². The summed E-state index contributed by atoms with van der Waals surface area (Å²) >= 11 is 1.01. The van der Waals surface area contributed by atoms with Crippen molar-refractivity contribution in [2.45, 2.75) is 17.3 Å². The number of carbonyl (C=O) groups is 2. The molecule has 0 aliphatic rings. The fraction of sp³-hybridized carbons (Fsp3) is 0.250. The van der Waals surface area contributed by atoms with Crippen LogP contribution >= 0.6 is 11.8 Å². The Morgan fingerprint density at radius 2 is 2.25 bits per heavy atom. The minimum Gasteiger partial charge on any atom is -0.358 e. The average molecular weight is 291 g/mol. The quantitative estimate of drug-likeness (QED) is 0.620. The van der Waals surface area contributed by atoms with E-state index in [1.165, 1.54) is 14.0 Å². The van der Waals surface area contributed by atoms with Crippen LogP contribution in [0.2, 0.25) is 0 Å². The predicted molar refractivity (Wildman–Crippen MR) is 74.0 cm³/mol. The van der Waals surface area contributed by atoms with Gasteiger partial charge in [0.25, 0.3) is 0 Å². The van der Waals surface area contributed by atoms with Gasteiger partial charge in [0.2, 0.25) is 11.1 Å². The third-order valence-corrected chi connectivity index (χ3v) is 3.65. The smallest absolute Gasteiger partial charge is 0.240 e. The fourth-order valence-corrected chi connectivity index (χ4v) is 2.33. The Labute approximate surface area is 119 Å². The number of amides is 1. The molecule has 0 aliphatic carbocycles. The summed E-state index contributed by atoms with van der Waals surface area (Å²) in [5.74, 6) is -0.0721. The zero-order valence-corrected chi connectivity index (χ0v) is 11.8. The molecule has 0 bridgehead atoms. The Kier molecular flexibility index (Phi) is 4.46. The number of ketones is 1. The summed E-state index contributed by atoms with van der Waals surface area (Å²) in [5, 5.41) is 8.70. The van der Waals surface area contributed by atoms with Gasteiger partial charge in [-0.15, -0.1) is 5.10 Å². The number of thioether (sulfide) groups is 1. The second-order valence-electron chi connectivity index (χ2n) is 3.93. The molecule has 104 valence electrons. The highest BCUT2D eigenvalue weighted by Gasteiger charge is 2.25. The number of carbonyl (C=O) groups excluding carboxylic acids is 2. The molecule has 0 fully saturated rings. The second kappa shape index (κ2) is 6.29. The summed E-state index contributed by atoms with van der Waals surface area (Å²) in [6, 6.07) is 3.62. The van der Waals surface area contributed by atoms with Gasteiger partial charge < -0.3 is 5.32 Å². The molecule has 1 atom stereocenters. The second-order valence-corrected chi connectivity index (χ2v) is 5.00. The zero-order valence-electron chi connectivity index (χ0n) is 11.0. The van der Waals surface area contributed by atoms with E-state index in [2.05, 4.69) is 25.5 Å². The molecule has 20 heavy (non-hydrogen) atoms. The lowest BCUT2D eigenvalue weighted by atomic mass is 10.3. The van der Waals surface area contributed by atoms with Crippen LogP contribution in [-0.2, 0) is 9.59 Å². The summed E-state index contributed by atoms with van der Waals surface area (Å²) < 4.78 is 0. The molecule has 7 nitrogen and oxygen atoms in total. The van der Waals surface area contributed by atoms with Crippen LogP contribution in [0.15, 0.2) is 29.7 Å². The molecule has 2 aromatic heterocycles. The van der Waals surface area contributed by atoms with Crippen LogP contribution in [0.4, 0.5) is 0 Å². The minimum atomic E-state index is -0.849. The largest absolute Gasteiger partial charge is 0.358 e. The number of H-pyrrole nitrogens is 1. The SMILES string of the molecule is CNC(=O)C(Sc1n[nH]c(-c2cccnc2)n1)C(C)=O. The molecule has 8 heteroatoms. The van der Waals surface area contributed by atoms with Crippen molar-refractivity contribution in [2.24, 2.45) is 0 Å². The highest BCUT2D eigenvalue weighted by atomic mass is 32.2. The highest BCUT2D eigenvalue weighted by molar-refractivity contribution is 8.01. The molecule has 2 heterocycles. The van der Waals surface area contributed by atoms with Gasteiger partial charge in [-0.2, -0.15) is 0 Å². The zero-order chi connectivity index (χ0) is 14.5. The van der Waals surface area contributed by atoms with E-state index in [-0.39, 0.29) is 11.7 Å². The molecule has 1 unspecified atom stereocenters. The van der Waals surface area contributed by atoms with E-state index in [1.54, 1.807) is 18.5 Å². The lowest BCUT2D eigenvalue weighted by Crippen LogP contribution is -2.34. The number of aromatic nitrogens is 4. The van der Waals surface area contributed by atoms with E-state index in [0.717, 1.165) is 17.3 Å². The molecule has 0 saturated carbocycles. The topological polar surface area (TPSA) is 101 Å². The molecule has 0 spiro atoms. The van der Waals surface area contributed by atoms with E-state index in [4.69, 9.17) is 0 Å². The molecule has 1 amide bonds. The summed E-state index contributed by atoms with van der Waals surface area (Å²) in [5.41, 5.74) is 0.783. The maximum Gasteiger partial charge on any atom is 0.240 e. The number of hydrogen-bond donors (Lipinski definition) is 2. The molecule has 2 aromatic rings. The Morgan fingerprint density at radius 3 is 2.85 bits per heavy atom. The summed E-state index contributed by atoms with van der Waals surface area (Å²) in [7, 11) is 1.48. The third-order valence-electron chi connectivity index (χ3n) is 2.48. The first-order valence-electron chi connectivity index (χ1n) is 5.83. The van der Waals surface area contributed by atoms with Gasteiger partial charge in [-0.1, -0.05) is 11.8 Å². The predicted octanol–water partition coefficient (Wildman–Crippen LogP) is 0.662. The van der Waals surface area contributed by atoms with Gasteiger partial charge in [0, 0.05) is 25.0 Å². The maximum atomic E-state index is 11.6. The van der Waals surface area contributed by atoms with Crippen molar-refractivity contribution in [3.05, 3.63) is 24.5 Å². The van der Waals surface area contributed by atoms with Crippen LogP contribution in [-0.4, -0.2) is 44.2 Å². The van der Waals surface area contributed by atoms with E-state index in [0.29, 0.717) is 11.0 Å². The van der Waals surface area contributed by atoms with Crippen LogP contribution in [0, 0.1) is 0 Å². The van der Waals surface area contributed by atoms with Crippen LogP contribution in [0.25, 0.3) is 11.4 Å². The van der Waals surface area contributed by atoms with Gasteiger partial charge in [0.1, 0.15) is 5.25 Å². The monoisotopic (exact) mass is 291 g/mol. The average Bonchev–Trinajstić information content (AvgIpc) is 2.93. The molecule has 2 rings (SSSR count). The van der Waals surface area contributed by atoms with Crippen molar-refractivity contribution in [3.63, 3.8) is 0 Å². The van der Waals surface area contributed by atoms with Gasteiger partial charge in [0.15, 0.2) is 11.6 Å². The standard InChI is InChI=1S/C12H13N5O2S/c1-7(18)9(11(19)13-2)20-12-15-10(16-17-12)8-4-3-5-14-6-8/h3-6,9H,1-2H3,(H,13,19)(H,15,16,17). The minimum absolute atomic E-state index is 0.248. The van der Waals surface area contributed by atoms with E-state index in [1.807, 2.05) is 6.07 Å². The summed E-state index contributed by atoms with van der Waals surface area (Å²) in [4.78, 5) is 31.3. The number of rotatable bonds is 5. The van der Waals surface area contributed by atoms with Crippen LogP contribution in [0.5, 0.6) is 0 Å². The molecule has 0 aromatic carbocycles. The summed E-state index contributed by atoms with van der Waals surface area (Å²) in [6.45, 7) is 1.36. The first-order chi connectivity index (χ1) is 9.61. The van der Waals surface area contributed by atoms with Crippen molar-refractivity contribution >= 4 is 23.5 Å². The number of aromatic amines is 1. The van der Waals surface area contributed by atoms with Gasteiger partial charge in [-0.3, -0.25) is 19.7 Å². The van der Waals surface area contributed by atoms with E-state index in [9.17, 15) is 9.59 Å². The normalized spacial score (nSPS) is 11.9. The Morgan fingerprint density at radius 1 is 1.45 bits per heavy atom. The van der Waals surface area contributed by atoms with Crippen LogP contribution < -0.4 is 5.32 Å². The lowest BCUT2D eigenvalue weighted by molar-refractivity contribution is -0.126. The van der Waals surface area contributed by atoms with Crippen molar-refractivity contribution in [1.82, 2.24) is 25.5 Å². The highest BCUT2D eigenvalue weighted by Crippen LogP contribution is 2.23. The number of nitrogens with zero attached hydrogens (tertiary/aromatic N) is 3. The first kappa shape index (κ1) is 14.2. The Balaban J connectivity index is 2.17. The lowest BCUT2D eigenvalue weighted by Gasteiger charge is -2.08. The van der Waals surface area contributed by atoms with Gasteiger partial charge >= 0.3 is 0 Å². The molecule has 0 aliphatic heterocycles. The number of pyridine rings is 1. The van der Waals surface area contributed by atoms with E-state index >= 15 is 0 Å². The van der Waals surface area contributed by atoms with Gasteiger partial charge in [-0.05, 0) is 19.1 Å². The van der Waals surface area contributed by atoms with Crippen molar-refractivity contribution in [1.29, 1.82) is 0 Å². The first-order valence-corrected chi connectivity index (χ1v) is 6.71. The molecular formula is C12H13N5O2S. The molecule has 0 radical (unpaired) electrons. The number of hydrogen-bond acceptors (Lipinski definition) is 6. The molecular weight excluding hydrogens is 278 g/mol. The third kappa shape index (κ3) is 3.21. The van der Waals surface area contributed by atoms with Crippen molar-refractivity contribution in [2.75, 3.05) is 7.05 Å². The van der Waals surface area contributed by atoms with E-state index < -0.39 is 5.25 Å². The van der Waals surface area contributed by atoms with Crippen LogP contribution in [0.3, 0.4) is 0 Å². The maximum absolute atomic E-state index is 11.6. The molecule has 0 saturated heterocycles. The number of nitrogens with one attached hydrogen (secondary N) is 2. The molecule has 2 N–H and O–H groups in total. The number of Topliss-reactive ketones (excluding diaryl/α,β-unsaturated/α-hetero) is 1. The Bertz CT molecular complexity index is 613. The van der Waals surface area contributed by atoms with Gasteiger partial charge in [-0.25, -0.2) is 4.98 Å². The van der Waals surface area contributed by atoms with Crippen molar-refractivity contribution < 1.29 is 9.59 Å². The fourth-order valence-electron chi connectivity index (χ4n) is 1.49.